The minimum atomic E-state index is -0.190. The van der Waals surface area contributed by atoms with E-state index in [1.807, 2.05) is 24.3 Å². The summed E-state index contributed by atoms with van der Waals surface area (Å²) < 4.78 is 5.84. The first-order chi connectivity index (χ1) is 10.7. The van der Waals surface area contributed by atoms with Gasteiger partial charge in [0.15, 0.2) is 0 Å². The number of fused-ring (bicyclic) bond motifs is 3. The van der Waals surface area contributed by atoms with E-state index in [1.165, 1.54) is 19.4 Å². The molecule has 2 fully saturated rings. The Morgan fingerprint density at radius 3 is 3.05 bits per heavy atom. The molecule has 3 unspecified atom stereocenters. The molecule has 1 aromatic heterocycles. The summed E-state index contributed by atoms with van der Waals surface area (Å²) in [5, 5.41) is 0.945. The maximum absolute atomic E-state index is 12.5. The monoisotopic (exact) mass is 298 g/mol. The lowest BCUT2D eigenvalue weighted by Crippen LogP contribution is -2.47. The fourth-order valence-electron chi connectivity index (χ4n) is 4.06. The number of aromatic nitrogens is 1. The van der Waals surface area contributed by atoms with E-state index in [0.29, 0.717) is 11.6 Å². The van der Waals surface area contributed by atoms with Gasteiger partial charge in [-0.1, -0.05) is 18.2 Å². The number of hydrogen-bond donors (Lipinski definition) is 1. The zero-order valence-electron chi connectivity index (χ0n) is 12.9. The van der Waals surface area contributed by atoms with Crippen LogP contribution in [0, 0.1) is 5.92 Å². The number of ether oxygens (including phenoxy) is 1. The van der Waals surface area contributed by atoms with Crippen LogP contribution in [0.2, 0.25) is 0 Å². The predicted octanol–water partition coefficient (Wildman–Crippen LogP) is 3.20. The van der Waals surface area contributed by atoms with Gasteiger partial charge in [-0.3, -0.25) is 0 Å². The Labute approximate surface area is 130 Å². The van der Waals surface area contributed by atoms with Crippen molar-refractivity contribution in [2.75, 3.05) is 13.6 Å². The molecule has 1 aliphatic carbocycles. The van der Waals surface area contributed by atoms with E-state index in [4.69, 9.17) is 4.74 Å². The van der Waals surface area contributed by atoms with Gasteiger partial charge in [0.1, 0.15) is 6.10 Å². The number of carbonyl (C=O) groups excluding carboxylic acids is 1. The van der Waals surface area contributed by atoms with E-state index < -0.39 is 0 Å². The van der Waals surface area contributed by atoms with Crippen molar-refractivity contribution < 1.29 is 9.53 Å². The Balaban J connectivity index is 1.50. The van der Waals surface area contributed by atoms with Crippen LogP contribution in [0.25, 0.3) is 10.9 Å². The summed E-state index contributed by atoms with van der Waals surface area (Å²) in [7, 11) is 2.19. The molecule has 4 nitrogen and oxygen atoms in total. The van der Waals surface area contributed by atoms with E-state index in [0.717, 1.165) is 29.7 Å². The van der Waals surface area contributed by atoms with Gasteiger partial charge in [0.05, 0.1) is 5.56 Å². The van der Waals surface area contributed by atoms with Gasteiger partial charge in [0.2, 0.25) is 0 Å². The molecule has 116 valence electrons. The Bertz CT molecular complexity index is 693. The van der Waals surface area contributed by atoms with Crippen molar-refractivity contribution in [1.82, 2.24) is 9.88 Å². The smallest absolute Gasteiger partial charge is 0.340 e. The summed E-state index contributed by atoms with van der Waals surface area (Å²) in [5.41, 5.74) is 1.63. The SMILES string of the molecule is CN1CCC2CC(OC(=O)c3c[nH]c4ccccc34)CC1C2. The molecule has 1 aliphatic heterocycles. The number of aromatic amines is 1. The van der Waals surface area contributed by atoms with Crippen LogP contribution in [0.3, 0.4) is 0 Å². The van der Waals surface area contributed by atoms with Crippen molar-refractivity contribution in [3.8, 4) is 0 Å². The van der Waals surface area contributed by atoms with Gasteiger partial charge in [0.25, 0.3) is 0 Å². The molecule has 3 atom stereocenters. The summed E-state index contributed by atoms with van der Waals surface area (Å²) in [5.74, 6) is 0.529. The minimum absolute atomic E-state index is 0.0627. The van der Waals surface area contributed by atoms with E-state index in [1.54, 1.807) is 6.20 Å². The van der Waals surface area contributed by atoms with E-state index >= 15 is 0 Å². The Morgan fingerprint density at radius 2 is 2.14 bits per heavy atom. The molecule has 22 heavy (non-hydrogen) atoms. The van der Waals surface area contributed by atoms with Crippen LogP contribution >= 0.6 is 0 Å². The number of rotatable bonds is 2. The molecular weight excluding hydrogens is 276 g/mol. The molecule has 4 rings (SSSR count). The topological polar surface area (TPSA) is 45.3 Å². The molecule has 0 spiro atoms. The molecule has 2 bridgehead atoms. The second-order valence-corrected chi connectivity index (χ2v) is 6.77. The molecule has 0 radical (unpaired) electrons. The van der Waals surface area contributed by atoms with Gasteiger partial charge in [-0.05, 0) is 51.3 Å². The number of H-pyrrole nitrogens is 1. The maximum Gasteiger partial charge on any atom is 0.340 e. The molecule has 0 amide bonds. The second-order valence-electron chi connectivity index (χ2n) is 6.77. The number of esters is 1. The van der Waals surface area contributed by atoms with Crippen molar-refractivity contribution in [2.24, 2.45) is 5.92 Å². The molecule has 1 saturated heterocycles. The van der Waals surface area contributed by atoms with Gasteiger partial charge >= 0.3 is 5.97 Å². The number of nitrogens with one attached hydrogen (secondary N) is 1. The normalized spacial score (nSPS) is 28.7. The molecular formula is C18H22N2O2. The van der Waals surface area contributed by atoms with Gasteiger partial charge in [0, 0.05) is 23.1 Å². The lowest BCUT2D eigenvalue weighted by atomic mass is 9.78. The van der Waals surface area contributed by atoms with Crippen molar-refractivity contribution in [1.29, 1.82) is 0 Å². The molecule has 1 aromatic carbocycles. The third-order valence-corrected chi connectivity index (χ3v) is 5.33. The van der Waals surface area contributed by atoms with E-state index in [2.05, 4.69) is 16.9 Å². The average molecular weight is 298 g/mol. The number of carbonyl (C=O) groups is 1. The van der Waals surface area contributed by atoms with Gasteiger partial charge < -0.3 is 14.6 Å². The van der Waals surface area contributed by atoms with Gasteiger partial charge in [-0.2, -0.15) is 0 Å². The number of hydrogen-bond acceptors (Lipinski definition) is 3. The van der Waals surface area contributed by atoms with Crippen LogP contribution in [0.15, 0.2) is 30.5 Å². The zero-order chi connectivity index (χ0) is 15.1. The number of para-hydroxylation sites is 1. The summed E-state index contributed by atoms with van der Waals surface area (Å²) in [4.78, 5) is 18.1. The lowest BCUT2D eigenvalue weighted by Gasteiger charge is -2.43. The van der Waals surface area contributed by atoms with Crippen LogP contribution < -0.4 is 0 Å². The number of benzene rings is 1. The first-order valence-corrected chi connectivity index (χ1v) is 8.18. The molecule has 2 aliphatic rings. The van der Waals surface area contributed by atoms with Gasteiger partial charge in [-0.25, -0.2) is 4.79 Å². The van der Waals surface area contributed by atoms with Crippen molar-refractivity contribution in [3.05, 3.63) is 36.0 Å². The highest BCUT2D eigenvalue weighted by Crippen LogP contribution is 2.35. The van der Waals surface area contributed by atoms with Crippen LogP contribution in [0.5, 0.6) is 0 Å². The van der Waals surface area contributed by atoms with Crippen molar-refractivity contribution >= 4 is 16.9 Å². The number of nitrogens with zero attached hydrogens (tertiary/aromatic N) is 1. The van der Waals surface area contributed by atoms with E-state index in [9.17, 15) is 4.79 Å². The molecule has 2 heterocycles. The summed E-state index contributed by atoms with van der Waals surface area (Å²) in [6.07, 6.45) is 6.32. The second kappa shape index (κ2) is 5.43. The fourth-order valence-corrected chi connectivity index (χ4v) is 4.06. The Morgan fingerprint density at radius 1 is 1.27 bits per heavy atom. The fraction of sp³-hybridized carbons (Fsp3) is 0.500. The maximum atomic E-state index is 12.5. The zero-order valence-corrected chi connectivity index (χ0v) is 12.9. The van der Waals surface area contributed by atoms with Crippen LogP contribution in [0.1, 0.15) is 36.0 Å². The quantitative estimate of drug-likeness (QED) is 0.866. The number of likely N-dealkylation sites (tertiary alicyclic amines) is 1. The lowest BCUT2D eigenvalue weighted by molar-refractivity contribution is -0.0178. The summed E-state index contributed by atoms with van der Waals surface area (Å²) in [6.45, 7) is 1.18. The summed E-state index contributed by atoms with van der Waals surface area (Å²) >= 11 is 0. The largest absolute Gasteiger partial charge is 0.459 e. The Kier molecular flexibility index (Phi) is 3.41. The highest BCUT2D eigenvalue weighted by Gasteiger charge is 2.36. The number of piperidine rings is 1. The third kappa shape index (κ3) is 2.41. The van der Waals surface area contributed by atoms with Gasteiger partial charge in [-0.15, -0.1) is 0 Å². The molecule has 1 N–H and O–H groups in total. The van der Waals surface area contributed by atoms with Crippen molar-refractivity contribution in [2.45, 2.75) is 37.8 Å². The highest BCUT2D eigenvalue weighted by molar-refractivity contribution is 6.04. The van der Waals surface area contributed by atoms with Crippen molar-refractivity contribution in [3.63, 3.8) is 0 Å². The van der Waals surface area contributed by atoms with E-state index in [-0.39, 0.29) is 12.1 Å². The van der Waals surface area contributed by atoms with Crippen LogP contribution in [0.4, 0.5) is 0 Å². The molecule has 1 saturated carbocycles. The molecule has 2 aromatic rings. The first-order valence-electron chi connectivity index (χ1n) is 8.18. The highest BCUT2D eigenvalue weighted by atomic mass is 16.5. The molecule has 4 heteroatoms. The van der Waals surface area contributed by atoms with Crippen LogP contribution in [-0.2, 0) is 4.74 Å². The Hall–Kier alpha value is -1.81. The predicted molar refractivity (Wildman–Crippen MR) is 85.9 cm³/mol. The standard InChI is InChI=1S/C18H22N2O2/c1-20-7-6-12-8-13(20)10-14(9-12)22-18(21)16-11-19-17-5-3-2-4-15(16)17/h2-5,11-14,19H,6-10H2,1H3. The summed E-state index contributed by atoms with van der Waals surface area (Å²) in [6, 6.07) is 8.44. The average Bonchev–Trinajstić information content (AvgIpc) is 2.95. The van der Waals surface area contributed by atoms with Crippen LogP contribution in [-0.4, -0.2) is 41.6 Å². The third-order valence-electron chi connectivity index (χ3n) is 5.33. The first kappa shape index (κ1) is 13.8. The minimum Gasteiger partial charge on any atom is -0.459 e.